The lowest BCUT2D eigenvalue weighted by Crippen LogP contribution is -2.40. The lowest BCUT2D eigenvalue weighted by atomic mass is 9.99. The molecule has 1 aliphatic rings. The summed E-state index contributed by atoms with van der Waals surface area (Å²) in [5.41, 5.74) is 4.74. The van der Waals surface area contributed by atoms with Gasteiger partial charge in [-0.3, -0.25) is 25.0 Å². The second-order valence-corrected chi connectivity index (χ2v) is 16.0. The minimum absolute atomic E-state index is 0.169. The van der Waals surface area contributed by atoms with Gasteiger partial charge in [-0.15, -0.1) is 22.7 Å². The number of thiazole rings is 2. The molecule has 0 saturated carbocycles. The van der Waals surface area contributed by atoms with Gasteiger partial charge in [0, 0.05) is 35.0 Å². The quantitative estimate of drug-likeness (QED) is 0.0694. The lowest BCUT2D eigenvalue weighted by molar-refractivity contribution is 0.0299. The molecular weight excluding hydrogens is 889 g/mol. The Morgan fingerprint density at radius 1 is 0.636 bits per heavy atom. The number of morpholine rings is 1. The van der Waals surface area contributed by atoms with E-state index in [4.69, 9.17) is 14.2 Å². The van der Waals surface area contributed by atoms with E-state index in [1.54, 1.807) is 101 Å². The number of ketones is 2. The van der Waals surface area contributed by atoms with Crippen LogP contribution in [0.2, 0.25) is 0 Å². The average molecular weight is 935 g/mol. The van der Waals surface area contributed by atoms with Crippen LogP contribution in [-0.4, -0.2) is 98.1 Å². The molecule has 2 aromatic heterocycles. The smallest absolute Gasteiger partial charge is 0.407 e. The number of nitrogens with zero attached hydrogens (tertiary/aromatic N) is 3. The number of rotatable bonds is 13. The molecule has 6 aromatic rings. The van der Waals surface area contributed by atoms with Crippen molar-refractivity contribution in [2.24, 2.45) is 0 Å². The third-order valence-corrected chi connectivity index (χ3v) is 11.2. The van der Waals surface area contributed by atoms with Gasteiger partial charge in [0.15, 0.2) is 21.8 Å². The third-order valence-electron chi connectivity index (χ3n) is 9.65. The monoisotopic (exact) mass is 934 g/mol. The summed E-state index contributed by atoms with van der Waals surface area (Å²) in [7, 11) is 4.27. The van der Waals surface area contributed by atoms with Gasteiger partial charge in [-0.05, 0) is 62.4 Å². The van der Waals surface area contributed by atoms with Gasteiger partial charge in [0.05, 0.1) is 69.3 Å². The summed E-state index contributed by atoms with van der Waals surface area (Å²) >= 11 is 2.35. The number of carbonyl (C=O) groups excluding carboxylic acids is 6. The first-order chi connectivity index (χ1) is 31.9. The molecule has 3 heterocycles. The van der Waals surface area contributed by atoms with Crippen LogP contribution >= 0.6 is 22.7 Å². The molecule has 0 radical (unpaired) electrons. The summed E-state index contributed by atoms with van der Waals surface area (Å²) in [6.07, 6.45) is -0.572. The summed E-state index contributed by atoms with van der Waals surface area (Å²) < 4.78 is 20.4. The fourth-order valence-corrected chi connectivity index (χ4v) is 7.79. The Bertz CT molecular complexity index is 2730. The summed E-state index contributed by atoms with van der Waals surface area (Å²) in [6.45, 7) is 5.91. The van der Waals surface area contributed by atoms with E-state index in [2.05, 4.69) is 41.3 Å². The van der Waals surface area contributed by atoms with Gasteiger partial charge < -0.3 is 39.8 Å². The molecule has 1 saturated heterocycles. The van der Waals surface area contributed by atoms with Crippen LogP contribution in [0.1, 0.15) is 59.2 Å². The standard InChI is InChI=1S/C24H24N4O5S.C22H22N4O5S/c1-15-7-8-18(17(13-15)21(29)16-5-3-4-6-20(16)32-2)25-23(31)27-24-26-19(14-34-24)22(30)28-9-11-33-12-10-28;1-13-8-9-17(16(10-13)19(27)15-6-4-5-7-18(15)30-2)25-20(28)26-21-24-14(12-32-21)11-23-22(29)31-3/h3-8,13-14H,9-12H2,1-2H3,(H2,25,26,27,31);4-10,12H,11H2,1-3H3,(H,23,29)(H2,24,25,26,28). The fraction of sp³-hybridized carbons (Fsp3) is 0.217. The molecule has 7 rings (SSSR count). The molecule has 6 amide bonds. The zero-order valence-electron chi connectivity index (χ0n) is 36.5. The molecule has 5 N–H and O–H groups in total. The molecule has 1 fully saturated rings. The fourth-order valence-electron chi connectivity index (χ4n) is 6.40. The van der Waals surface area contributed by atoms with Crippen LogP contribution in [-0.2, 0) is 16.0 Å². The van der Waals surface area contributed by atoms with E-state index in [0.29, 0.717) is 82.3 Å². The Morgan fingerprint density at radius 3 is 1.65 bits per heavy atom. The van der Waals surface area contributed by atoms with Crippen molar-refractivity contribution in [2.75, 3.05) is 68.9 Å². The number of alkyl carbamates (subject to hydrolysis) is 1. The molecule has 0 spiro atoms. The highest BCUT2D eigenvalue weighted by Crippen LogP contribution is 2.29. The normalized spacial score (nSPS) is 11.8. The minimum Gasteiger partial charge on any atom is -0.496 e. The molecule has 4 aromatic carbocycles. The second-order valence-electron chi connectivity index (χ2n) is 14.2. The van der Waals surface area contributed by atoms with Crippen LogP contribution in [0.25, 0.3) is 0 Å². The first kappa shape index (κ1) is 47.8. The van der Waals surface area contributed by atoms with Crippen molar-refractivity contribution in [3.63, 3.8) is 0 Å². The van der Waals surface area contributed by atoms with E-state index in [0.717, 1.165) is 22.5 Å². The van der Waals surface area contributed by atoms with Gasteiger partial charge in [-0.1, -0.05) is 47.5 Å². The highest BCUT2D eigenvalue weighted by molar-refractivity contribution is 7.14. The molecule has 0 bridgehead atoms. The maximum Gasteiger partial charge on any atom is 0.407 e. The van der Waals surface area contributed by atoms with Crippen molar-refractivity contribution in [3.05, 3.63) is 140 Å². The lowest BCUT2D eigenvalue weighted by Gasteiger charge is -2.25. The number of carbonyl (C=O) groups is 6. The predicted octanol–water partition coefficient (Wildman–Crippen LogP) is 8.00. The molecular formula is C46H46N8O10S2. The zero-order valence-corrected chi connectivity index (χ0v) is 38.1. The number of aryl methyl sites for hydroxylation is 2. The van der Waals surface area contributed by atoms with Crippen molar-refractivity contribution >= 4 is 79.9 Å². The maximum absolute atomic E-state index is 13.3. The first-order valence-electron chi connectivity index (χ1n) is 20.2. The third kappa shape index (κ3) is 12.5. The average Bonchev–Trinajstić information content (AvgIpc) is 4.00. The number of amides is 6. The molecule has 66 heavy (non-hydrogen) atoms. The van der Waals surface area contributed by atoms with Gasteiger partial charge in [-0.2, -0.15) is 0 Å². The minimum atomic E-state index is -0.572. The van der Waals surface area contributed by atoms with Crippen molar-refractivity contribution in [3.8, 4) is 11.5 Å². The first-order valence-corrected chi connectivity index (χ1v) is 21.9. The van der Waals surface area contributed by atoms with Gasteiger partial charge in [-0.25, -0.2) is 24.4 Å². The topological polar surface area (TPSA) is 229 Å². The number of hydrogen-bond acceptors (Lipinski definition) is 14. The van der Waals surface area contributed by atoms with Crippen LogP contribution in [0, 0.1) is 13.8 Å². The van der Waals surface area contributed by atoms with Gasteiger partial charge in [0.1, 0.15) is 17.2 Å². The molecule has 18 nitrogen and oxygen atoms in total. The number of para-hydroxylation sites is 2. The van der Waals surface area contributed by atoms with Gasteiger partial charge >= 0.3 is 18.2 Å². The van der Waals surface area contributed by atoms with Crippen molar-refractivity contribution in [2.45, 2.75) is 20.4 Å². The Hall–Kier alpha value is -7.68. The highest BCUT2D eigenvalue weighted by atomic mass is 32.1. The number of anilines is 4. The molecule has 1 aliphatic heterocycles. The van der Waals surface area contributed by atoms with Crippen LogP contribution in [0.15, 0.2) is 95.7 Å². The van der Waals surface area contributed by atoms with Crippen molar-refractivity contribution in [1.82, 2.24) is 20.2 Å². The van der Waals surface area contributed by atoms with E-state index in [1.807, 2.05) is 13.8 Å². The van der Waals surface area contributed by atoms with Crippen LogP contribution in [0.4, 0.5) is 36.0 Å². The molecule has 342 valence electrons. The van der Waals surface area contributed by atoms with Crippen molar-refractivity contribution in [1.29, 1.82) is 0 Å². The largest absolute Gasteiger partial charge is 0.496 e. The number of hydrogen-bond donors (Lipinski definition) is 5. The number of ether oxygens (including phenoxy) is 4. The number of urea groups is 2. The van der Waals surface area contributed by atoms with E-state index >= 15 is 0 Å². The second kappa shape index (κ2) is 22.8. The number of aromatic nitrogens is 2. The number of benzene rings is 4. The van der Waals surface area contributed by atoms with Crippen LogP contribution in [0.3, 0.4) is 0 Å². The van der Waals surface area contributed by atoms with Crippen molar-refractivity contribution < 1.29 is 47.7 Å². The molecule has 20 heteroatoms. The number of nitrogens with one attached hydrogen (secondary N) is 5. The predicted molar refractivity (Wildman–Crippen MR) is 251 cm³/mol. The SMILES string of the molecule is COC(=O)NCc1csc(NC(=O)Nc2ccc(C)cc2C(=O)c2ccccc2OC)n1.COc1ccccc1C(=O)c1cc(C)ccc1NC(=O)Nc1nc(C(=O)N2CCOCC2)cs1. The van der Waals surface area contributed by atoms with Crippen LogP contribution < -0.4 is 36.1 Å². The zero-order chi connectivity index (χ0) is 47.2. The molecule has 0 unspecified atom stereocenters. The van der Waals surface area contributed by atoms with E-state index in [-0.39, 0.29) is 34.8 Å². The summed E-state index contributed by atoms with van der Waals surface area (Å²) in [4.78, 5) is 85.5. The van der Waals surface area contributed by atoms with E-state index < -0.39 is 18.2 Å². The molecule has 0 atom stereocenters. The maximum atomic E-state index is 13.3. The van der Waals surface area contributed by atoms with Crippen LogP contribution in [0.5, 0.6) is 11.5 Å². The Labute approximate surface area is 387 Å². The summed E-state index contributed by atoms with van der Waals surface area (Å²) in [5.74, 6) is 0.155. The Kier molecular flexibility index (Phi) is 16.5. The summed E-state index contributed by atoms with van der Waals surface area (Å²) in [6, 6.07) is 23.1. The van der Waals surface area contributed by atoms with E-state index in [1.165, 1.54) is 32.7 Å². The highest BCUT2D eigenvalue weighted by Gasteiger charge is 2.23. The molecule has 0 aliphatic carbocycles. The Balaban J connectivity index is 0.000000219. The van der Waals surface area contributed by atoms with Gasteiger partial charge in [0.2, 0.25) is 0 Å². The summed E-state index contributed by atoms with van der Waals surface area (Å²) in [5, 5.41) is 17.1. The van der Waals surface area contributed by atoms with Gasteiger partial charge in [0.25, 0.3) is 5.91 Å². The Morgan fingerprint density at radius 2 is 1.14 bits per heavy atom. The van der Waals surface area contributed by atoms with E-state index in [9.17, 15) is 28.8 Å². The number of methoxy groups -OCH3 is 3.